The molecule has 5 heterocycles. The van der Waals surface area contributed by atoms with Gasteiger partial charge in [-0.1, -0.05) is 38.2 Å². The summed E-state index contributed by atoms with van der Waals surface area (Å²) in [6, 6.07) is 13.2. The van der Waals surface area contributed by atoms with Gasteiger partial charge in [-0.05, 0) is 73.1 Å². The van der Waals surface area contributed by atoms with E-state index >= 15 is 0 Å². The predicted octanol–water partition coefficient (Wildman–Crippen LogP) is 7.28. The first-order valence-electron chi connectivity index (χ1n) is 14.0. The molecule has 0 spiro atoms. The van der Waals surface area contributed by atoms with E-state index in [4.69, 9.17) is 10.1 Å². The Hall–Kier alpha value is -3.67. The molecule has 2 fully saturated rings. The average molecular weight is 491 g/mol. The minimum atomic E-state index is 0.806. The summed E-state index contributed by atoms with van der Waals surface area (Å²) in [4.78, 5) is 15.4. The van der Waals surface area contributed by atoms with Gasteiger partial charge in [0.15, 0.2) is 0 Å². The van der Waals surface area contributed by atoms with Crippen LogP contribution in [0.3, 0.4) is 0 Å². The van der Waals surface area contributed by atoms with Crippen LogP contribution in [0.1, 0.15) is 56.9 Å². The summed E-state index contributed by atoms with van der Waals surface area (Å²) in [6.45, 7) is 2.16. The molecule has 0 radical (unpaired) electrons. The number of aromatic amines is 2. The van der Waals surface area contributed by atoms with Crippen LogP contribution in [0.15, 0.2) is 55.0 Å². The first-order valence-corrected chi connectivity index (χ1v) is 14.0. The third-order valence-corrected chi connectivity index (χ3v) is 8.38. The quantitative estimate of drug-likeness (QED) is 0.271. The molecule has 188 valence electrons. The van der Waals surface area contributed by atoms with Crippen LogP contribution in [0, 0.1) is 5.92 Å². The van der Waals surface area contributed by atoms with Gasteiger partial charge >= 0.3 is 0 Å². The molecule has 4 aromatic heterocycles. The van der Waals surface area contributed by atoms with Crippen molar-refractivity contribution in [2.24, 2.45) is 5.92 Å². The van der Waals surface area contributed by atoms with Crippen LogP contribution in [-0.2, 0) is 6.42 Å². The first-order chi connectivity index (χ1) is 18.3. The molecule has 2 N–H and O–H groups in total. The molecule has 1 aliphatic carbocycles. The van der Waals surface area contributed by atoms with Crippen molar-refractivity contribution in [1.82, 2.24) is 25.1 Å². The number of hydrogen-bond donors (Lipinski definition) is 2. The number of rotatable bonds is 5. The lowest BCUT2D eigenvalue weighted by Crippen LogP contribution is -2.30. The molecule has 6 heteroatoms. The Balaban J connectivity index is 1.23. The number of benzene rings is 1. The summed E-state index contributed by atoms with van der Waals surface area (Å²) >= 11 is 0. The fourth-order valence-corrected chi connectivity index (χ4v) is 6.40. The monoisotopic (exact) mass is 490 g/mol. The number of hydrogen-bond acceptors (Lipinski definition) is 4. The molecule has 1 aromatic carbocycles. The van der Waals surface area contributed by atoms with Gasteiger partial charge in [0.25, 0.3) is 0 Å². The van der Waals surface area contributed by atoms with Crippen LogP contribution in [-0.4, -0.2) is 38.2 Å². The Morgan fingerprint density at radius 1 is 0.811 bits per heavy atom. The van der Waals surface area contributed by atoms with Crippen molar-refractivity contribution >= 4 is 27.6 Å². The highest BCUT2D eigenvalue weighted by Gasteiger charge is 2.19. The second-order valence-corrected chi connectivity index (χ2v) is 10.9. The van der Waals surface area contributed by atoms with Crippen LogP contribution in [0.5, 0.6) is 0 Å². The summed E-state index contributed by atoms with van der Waals surface area (Å²) in [5.74, 6) is 1.89. The molecular formula is C31H34N6. The highest BCUT2D eigenvalue weighted by Crippen LogP contribution is 2.35. The van der Waals surface area contributed by atoms with Gasteiger partial charge in [-0.2, -0.15) is 5.10 Å². The van der Waals surface area contributed by atoms with E-state index in [1.54, 1.807) is 0 Å². The van der Waals surface area contributed by atoms with Gasteiger partial charge in [0, 0.05) is 48.0 Å². The lowest BCUT2D eigenvalue weighted by Gasteiger charge is -2.28. The summed E-state index contributed by atoms with van der Waals surface area (Å²) in [7, 11) is 0. The zero-order chi connectivity index (χ0) is 24.6. The van der Waals surface area contributed by atoms with E-state index in [9.17, 15) is 0 Å². The number of H-pyrrole nitrogens is 2. The Labute approximate surface area is 217 Å². The number of nitrogens with one attached hydrogen (secondary N) is 2. The zero-order valence-electron chi connectivity index (χ0n) is 21.3. The van der Waals surface area contributed by atoms with Crippen molar-refractivity contribution in [3.63, 3.8) is 0 Å². The summed E-state index contributed by atoms with van der Waals surface area (Å²) in [5.41, 5.74) is 7.83. The average Bonchev–Trinajstić information content (AvgIpc) is 3.58. The molecule has 37 heavy (non-hydrogen) atoms. The maximum Gasteiger partial charge on any atom is 0.137 e. The highest BCUT2D eigenvalue weighted by atomic mass is 15.2. The minimum Gasteiger partial charge on any atom is -0.356 e. The van der Waals surface area contributed by atoms with Gasteiger partial charge in [-0.15, -0.1) is 0 Å². The molecule has 6 nitrogen and oxygen atoms in total. The van der Waals surface area contributed by atoms with Gasteiger partial charge in [0.1, 0.15) is 11.5 Å². The number of fused-ring (bicyclic) bond motifs is 2. The zero-order valence-corrected chi connectivity index (χ0v) is 21.3. The normalized spacial score (nSPS) is 17.1. The first kappa shape index (κ1) is 22.5. The second kappa shape index (κ2) is 9.66. The molecular weight excluding hydrogens is 456 g/mol. The van der Waals surface area contributed by atoms with Crippen molar-refractivity contribution < 1.29 is 0 Å². The van der Waals surface area contributed by atoms with Crippen molar-refractivity contribution in [2.45, 2.75) is 57.8 Å². The molecule has 7 rings (SSSR count). The smallest absolute Gasteiger partial charge is 0.137 e. The summed E-state index contributed by atoms with van der Waals surface area (Å²) in [6.07, 6.45) is 17.7. The molecule has 1 saturated carbocycles. The highest BCUT2D eigenvalue weighted by molar-refractivity contribution is 6.00. The summed E-state index contributed by atoms with van der Waals surface area (Å²) in [5, 5.41) is 10.3. The molecule has 0 atom stereocenters. The Morgan fingerprint density at radius 2 is 1.68 bits per heavy atom. The van der Waals surface area contributed by atoms with Crippen LogP contribution < -0.4 is 4.90 Å². The van der Waals surface area contributed by atoms with Crippen molar-refractivity contribution in [2.75, 3.05) is 18.0 Å². The fourth-order valence-electron chi connectivity index (χ4n) is 6.40. The maximum atomic E-state index is 4.76. The fraction of sp³-hybridized carbons (Fsp3) is 0.387. The molecule has 2 aliphatic rings. The number of aromatic nitrogens is 5. The Morgan fingerprint density at radius 3 is 2.57 bits per heavy atom. The molecule has 5 aromatic rings. The van der Waals surface area contributed by atoms with E-state index in [-0.39, 0.29) is 0 Å². The van der Waals surface area contributed by atoms with Gasteiger partial charge < -0.3 is 9.88 Å². The lowest BCUT2D eigenvalue weighted by molar-refractivity contribution is 0.356. The third-order valence-electron chi connectivity index (χ3n) is 8.38. The summed E-state index contributed by atoms with van der Waals surface area (Å²) < 4.78 is 0. The molecule has 0 bridgehead atoms. The van der Waals surface area contributed by atoms with E-state index in [0.29, 0.717) is 0 Å². The van der Waals surface area contributed by atoms with Gasteiger partial charge in [-0.3, -0.25) is 10.1 Å². The van der Waals surface area contributed by atoms with Crippen LogP contribution in [0.25, 0.3) is 44.3 Å². The Kier molecular flexibility index (Phi) is 5.88. The van der Waals surface area contributed by atoms with E-state index in [2.05, 4.69) is 62.6 Å². The van der Waals surface area contributed by atoms with E-state index in [0.717, 1.165) is 59.1 Å². The maximum absolute atomic E-state index is 4.76. The largest absolute Gasteiger partial charge is 0.356 e. The Bertz CT molecular complexity index is 1530. The van der Waals surface area contributed by atoms with Crippen molar-refractivity contribution in [1.29, 1.82) is 0 Å². The van der Waals surface area contributed by atoms with Gasteiger partial charge in [0.2, 0.25) is 0 Å². The molecule has 1 aliphatic heterocycles. The third kappa shape index (κ3) is 4.39. The lowest BCUT2D eigenvalue weighted by atomic mass is 9.85. The predicted molar refractivity (Wildman–Crippen MR) is 151 cm³/mol. The molecule has 0 amide bonds. The molecule has 1 saturated heterocycles. The van der Waals surface area contributed by atoms with E-state index < -0.39 is 0 Å². The number of pyridine rings is 2. The number of piperidine rings is 1. The van der Waals surface area contributed by atoms with E-state index in [1.807, 2.05) is 12.4 Å². The van der Waals surface area contributed by atoms with Crippen LogP contribution in [0.4, 0.5) is 5.82 Å². The van der Waals surface area contributed by atoms with Gasteiger partial charge in [-0.25, -0.2) is 4.98 Å². The van der Waals surface area contributed by atoms with Gasteiger partial charge in [0.05, 0.1) is 16.7 Å². The number of anilines is 1. The van der Waals surface area contributed by atoms with Crippen molar-refractivity contribution in [3.8, 4) is 22.5 Å². The van der Waals surface area contributed by atoms with Crippen LogP contribution in [0.2, 0.25) is 0 Å². The standard InChI is InChI=1S/C31H34N6/c1-3-7-21(8-4-1)15-22-16-24(20-32-19-22)23-9-10-28-25(17-23)30(36-35-28)29-18-26-27(34-29)11-12-33-31(26)37-13-5-2-6-14-37/h9-12,16-21,34H,1-8,13-15H2,(H,35,36). The second-order valence-electron chi connectivity index (χ2n) is 10.9. The number of nitrogens with zero attached hydrogens (tertiary/aromatic N) is 4. The minimum absolute atomic E-state index is 0.806. The van der Waals surface area contributed by atoms with E-state index in [1.165, 1.54) is 73.4 Å². The SMILES string of the molecule is c1cc2[nH]c(-c3n[nH]c4ccc(-c5cncc(CC6CCCCC6)c5)cc34)cc2c(N2CCCCC2)n1. The topological polar surface area (TPSA) is 73.5 Å². The van der Waals surface area contributed by atoms with Crippen LogP contribution >= 0.6 is 0 Å². The van der Waals surface area contributed by atoms with Crippen molar-refractivity contribution in [3.05, 3.63) is 60.6 Å². The molecule has 0 unspecified atom stereocenters.